The molecule has 84 valence electrons. The van der Waals surface area contributed by atoms with E-state index in [1.54, 1.807) is 11.4 Å². The number of hydrogen-bond donors (Lipinski definition) is 2. The van der Waals surface area contributed by atoms with E-state index < -0.39 is 11.6 Å². The molecule has 3 nitrogen and oxygen atoms in total. The highest BCUT2D eigenvalue weighted by atomic mass is 35.5. The largest absolute Gasteiger partial charge is 0.322 e. The predicted molar refractivity (Wildman–Crippen MR) is 61.5 cm³/mol. The summed E-state index contributed by atoms with van der Waals surface area (Å²) >= 11 is 1.47. The number of carbonyl (C=O) groups excluding carboxylic acids is 1. The van der Waals surface area contributed by atoms with Crippen LogP contribution in [0.2, 0.25) is 0 Å². The predicted octanol–water partition coefficient (Wildman–Crippen LogP) is 1.81. The molecule has 0 aliphatic carbocycles. The number of thiophene rings is 1. The number of amides is 1. The van der Waals surface area contributed by atoms with Crippen LogP contribution in [0.25, 0.3) is 0 Å². The van der Waals surface area contributed by atoms with Gasteiger partial charge in [-0.3, -0.25) is 4.79 Å². The summed E-state index contributed by atoms with van der Waals surface area (Å²) in [5.74, 6) is -0.541. The Morgan fingerprint density at radius 1 is 1.67 bits per heavy atom. The minimum Gasteiger partial charge on any atom is -0.322 e. The van der Waals surface area contributed by atoms with Gasteiger partial charge in [0.2, 0.25) is 5.67 Å². The van der Waals surface area contributed by atoms with E-state index >= 15 is 0 Å². The van der Waals surface area contributed by atoms with E-state index in [4.69, 9.17) is 0 Å². The molecule has 1 saturated heterocycles. The van der Waals surface area contributed by atoms with Crippen LogP contribution in [0.3, 0.4) is 0 Å². The third-order valence-corrected chi connectivity index (χ3v) is 2.97. The fraction of sp³-hybridized carbons (Fsp3) is 0.444. The van der Waals surface area contributed by atoms with E-state index in [0.29, 0.717) is 12.2 Å². The van der Waals surface area contributed by atoms with Gasteiger partial charge in [0, 0.05) is 18.3 Å². The first-order valence-electron chi connectivity index (χ1n) is 4.44. The first-order chi connectivity index (χ1) is 6.71. The zero-order valence-electron chi connectivity index (χ0n) is 7.96. The van der Waals surface area contributed by atoms with Crippen molar-refractivity contribution in [1.82, 2.24) is 5.32 Å². The molecule has 2 heterocycles. The smallest absolute Gasteiger partial charge is 0.263 e. The monoisotopic (exact) mass is 250 g/mol. The minimum absolute atomic E-state index is 0. The maximum absolute atomic E-state index is 13.8. The van der Waals surface area contributed by atoms with E-state index in [-0.39, 0.29) is 25.4 Å². The molecule has 1 aliphatic rings. The van der Waals surface area contributed by atoms with Crippen LogP contribution in [0.4, 0.5) is 10.1 Å². The lowest BCUT2D eigenvalue weighted by Gasteiger charge is -2.16. The van der Waals surface area contributed by atoms with E-state index in [1.165, 1.54) is 11.3 Å². The van der Waals surface area contributed by atoms with Gasteiger partial charge < -0.3 is 10.6 Å². The summed E-state index contributed by atoms with van der Waals surface area (Å²) in [6.45, 7) is 0.677. The van der Waals surface area contributed by atoms with Crippen LogP contribution < -0.4 is 10.6 Å². The number of nitrogens with one attached hydrogen (secondary N) is 2. The molecule has 2 N–H and O–H groups in total. The van der Waals surface area contributed by atoms with Gasteiger partial charge in [0.05, 0.1) is 5.69 Å². The van der Waals surface area contributed by atoms with Crippen molar-refractivity contribution in [2.75, 3.05) is 18.4 Å². The SMILES string of the molecule is Cl.O=C(Nc1ccsc1)C1(F)CCNC1. The molecule has 2 rings (SSSR count). The Hall–Kier alpha value is -0.650. The van der Waals surface area contributed by atoms with Crippen molar-refractivity contribution in [1.29, 1.82) is 0 Å². The van der Waals surface area contributed by atoms with Crippen LogP contribution in [-0.2, 0) is 4.79 Å². The van der Waals surface area contributed by atoms with Gasteiger partial charge in [0.25, 0.3) is 5.91 Å². The zero-order chi connectivity index (χ0) is 10.0. The van der Waals surface area contributed by atoms with Gasteiger partial charge in [-0.1, -0.05) is 0 Å². The lowest BCUT2D eigenvalue weighted by molar-refractivity contribution is -0.126. The molecule has 0 saturated carbocycles. The summed E-state index contributed by atoms with van der Waals surface area (Å²) < 4.78 is 13.8. The maximum Gasteiger partial charge on any atom is 0.263 e. The topological polar surface area (TPSA) is 41.1 Å². The van der Waals surface area contributed by atoms with Crippen LogP contribution in [0.15, 0.2) is 16.8 Å². The second-order valence-electron chi connectivity index (χ2n) is 3.36. The van der Waals surface area contributed by atoms with Gasteiger partial charge in [-0.05, 0) is 18.0 Å². The fourth-order valence-electron chi connectivity index (χ4n) is 1.43. The van der Waals surface area contributed by atoms with Gasteiger partial charge in [-0.25, -0.2) is 4.39 Å². The highest BCUT2D eigenvalue weighted by Crippen LogP contribution is 2.22. The molecule has 0 aromatic carbocycles. The molecule has 1 aromatic heterocycles. The van der Waals surface area contributed by atoms with Crippen molar-refractivity contribution in [3.63, 3.8) is 0 Å². The van der Waals surface area contributed by atoms with Crippen LogP contribution in [0, 0.1) is 0 Å². The number of hydrogen-bond acceptors (Lipinski definition) is 3. The van der Waals surface area contributed by atoms with Crippen LogP contribution in [-0.4, -0.2) is 24.7 Å². The maximum atomic E-state index is 13.8. The van der Waals surface area contributed by atoms with Crippen molar-refractivity contribution in [3.05, 3.63) is 16.8 Å². The summed E-state index contributed by atoms with van der Waals surface area (Å²) in [5, 5.41) is 9.02. The summed E-state index contributed by atoms with van der Waals surface area (Å²) in [4.78, 5) is 11.5. The Balaban J connectivity index is 0.00000112. The van der Waals surface area contributed by atoms with Crippen molar-refractivity contribution < 1.29 is 9.18 Å². The number of halogens is 2. The molecule has 0 radical (unpaired) electrons. The number of anilines is 1. The third kappa shape index (κ3) is 2.68. The number of alkyl halides is 1. The standard InChI is InChI=1S/C9H11FN2OS.ClH/c10-9(2-3-11-6-9)8(13)12-7-1-4-14-5-7;/h1,4-5,11H,2-3,6H2,(H,12,13);1H. The van der Waals surface area contributed by atoms with Crippen molar-refractivity contribution in [2.45, 2.75) is 12.1 Å². The summed E-state index contributed by atoms with van der Waals surface area (Å²) in [6.07, 6.45) is 0.253. The first-order valence-corrected chi connectivity index (χ1v) is 5.38. The molecule has 1 fully saturated rings. The first kappa shape index (κ1) is 12.4. The number of carbonyl (C=O) groups is 1. The normalized spacial score (nSPS) is 24.6. The van der Waals surface area contributed by atoms with Crippen LogP contribution in [0.1, 0.15) is 6.42 Å². The summed E-state index contributed by atoms with van der Waals surface area (Å²) in [5.41, 5.74) is -1.06. The van der Waals surface area contributed by atoms with E-state index in [2.05, 4.69) is 10.6 Å². The molecule has 1 aliphatic heterocycles. The van der Waals surface area contributed by atoms with Crippen molar-refractivity contribution in [2.24, 2.45) is 0 Å². The lowest BCUT2D eigenvalue weighted by Crippen LogP contribution is -2.40. The molecule has 1 aromatic rings. The van der Waals surface area contributed by atoms with E-state index in [0.717, 1.165) is 0 Å². The quantitative estimate of drug-likeness (QED) is 0.841. The summed E-state index contributed by atoms with van der Waals surface area (Å²) in [7, 11) is 0. The zero-order valence-corrected chi connectivity index (χ0v) is 9.59. The fourth-order valence-corrected chi connectivity index (χ4v) is 2.02. The van der Waals surface area contributed by atoms with Crippen LogP contribution in [0.5, 0.6) is 0 Å². The van der Waals surface area contributed by atoms with E-state index in [9.17, 15) is 9.18 Å². The summed E-state index contributed by atoms with van der Waals surface area (Å²) in [6, 6.07) is 1.76. The lowest BCUT2D eigenvalue weighted by atomic mass is 10.1. The molecular formula is C9H12ClFN2OS. The molecule has 0 spiro atoms. The molecule has 1 amide bonds. The molecule has 6 heteroatoms. The Kier molecular flexibility index (Phi) is 4.07. The van der Waals surface area contributed by atoms with E-state index in [1.807, 2.05) is 5.38 Å². The van der Waals surface area contributed by atoms with Gasteiger partial charge in [0.15, 0.2) is 0 Å². The Labute approximate surface area is 97.5 Å². The highest BCUT2D eigenvalue weighted by molar-refractivity contribution is 7.08. The molecule has 1 unspecified atom stereocenters. The molecular weight excluding hydrogens is 239 g/mol. The van der Waals surface area contributed by atoms with Gasteiger partial charge >= 0.3 is 0 Å². The average Bonchev–Trinajstić information content (AvgIpc) is 2.76. The van der Waals surface area contributed by atoms with Gasteiger partial charge in [-0.15, -0.1) is 12.4 Å². The Morgan fingerprint density at radius 2 is 2.47 bits per heavy atom. The molecule has 0 bridgehead atoms. The minimum atomic E-state index is -1.73. The van der Waals surface area contributed by atoms with Gasteiger partial charge in [-0.2, -0.15) is 11.3 Å². The van der Waals surface area contributed by atoms with Crippen molar-refractivity contribution >= 4 is 35.3 Å². The molecule has 1 atom stereocenters. The highest BCUT2D eigenvalue weighted by Gasteiger charge is 2.41. The second-order valence-corrected chi connectivity index (χ2v) is 4.14. The average molecular weight is 251 g/mol. The van der Waals surface area contributed by atoms with Crippen molar-refractivity contribution in [3.8, 4) is 0 Å². The Morgan fingerprint density at radius 3 is 3.00 bits per heavy atom. The van der Waals surface area contributed by atoms with Gasteiger partial charge in [0.1, 0.15) is 0 Å². The molecule has 15 heavy (non-hydrogen) atoms. The van der Waals surface area contributed by atoms with Crippen LogP contribution >= 0.6 is 23.7 Å². The Bertz CT molecular complexity index is 325. The third-order valence-electron chi connectivity index (χ3n) is 2.29. The number of rotatable bonds is 2. The second kappa shape index (κ2) is 4.92.